The molecule has 0 aliphatic heterocycles. The Bertz CT molecular complexity index is 765. The van der Waals surface area contributed by atoms with Gasteiger partial charge < -0.3 is 5.73 Å². The lowest BCUT2D eigenvalue weighted by Gasteiger charge is -2.11. The fraction of sp³-hybridized carbons (Fsp3) is 0.308. The van der Waals surface area contributed by atoms with Gasteiger partial charge in [0.05, 0.1) is 5.69 Å². The molecule has 0 aliphatic rings. The highest BCUT2D eigenvalue weighted by atomic mass is 79.9. The summed E-state index contributed by atoms with van der Waals surface area (Å²) in [7, 11) is -3.71. The Kier molecular flexibility index (Phi) is 4.72. The van der Waals surface area contributed by atoms with E-state index in [2.05, 4.69) is 25.6 Å². The second-order valence-corrected chi connectivity index (χ2v) is 8.34. The predicted molar refractivity (Wildman–Crippen MR) is 89.2 cm³/mol. The first kappa shape index (κ1) is 16.4. The summed E-state index contributed by atoms with van der Waals surface area (Å²) in [5.74, 6) is 0. The highest BCUT2D eigenvalue weighted by Crippen LogP contribution is 2.30. The molecule has 1 aromatic heterocycles. The minimum absolute atomic E-state index is 0.174. The summed E-state index contributed by atoms with van der Waals surface area (Å²) < 4.78 is 28.2. The molecule has 2 aromatic rings. The summed E-state index contributed by atoms with van der Waals surface area (Å²) in [6.07, 6.45) is 0. The number of nitrogens with two attached hydrogens (primary N) is 1. The lowest BCUT2D eigenvalue weighted by molar-refractivity contribution is 0.600. The first-order chi connectivity index (χ1) is 9.74. The number of nitrogens with zero attached hydrogens (tertiary/aromatic N) is 1. The van der Waals surface area contributed by atoms with Crippen LogP contribution in [0, 0.1) is 20.8 Å². The Morgan fingerprint density at radius 3 is 2.52 bits per heavy atom. The van der Waals surface area contributed by atoms with Gasteiger partial charge in [-0.1, -0.05) is 6.07 Å². The van der Waals surface area contributed by atoms with Crippen LogP contribution in [0.25, 0.3) is 0 Å². The van der Waals surface area contributed by atoms with E-state index in [1.165, 1.54) is 11.3 Å². The summed E-state index contributed by atoms with van der Waals surface area (Å²) in [6.45, 7) is 5.87. The van der Waals surface area contributed by atoms with Crippen molar-refractivity contribution in [2.45, 2.75) is 32.2 Å². The second-order valence-electron chi connectivity index (χ2n) is 4.70. The third-order valence-corrected chi connectivity index (χ3v) is 6.85. The fourth-order valence-electron chi connectivity index (χ4n) is 1.81. The molecule has 0 unspecified atom stereocenters. The second kappa shape index (κ2) is 6.04. The van der Waals surface area contributed by atoms with Crippen molar-refractivity contribution in [3.05, 3.63) is 38.3 Å². The van der Waals surface area contributed by atoms with Gasteiger partial charge in [-0.25, -0.2) is 13.4 Å². The van der Waals surface area contributed by atoms with E-state index in [0.29, 0.717) is 9.60 Å². The average molecular weight is 390 g/mol. The number of thiazole rings is 1. The molecule has 0 fully saturated rings. The summed E-state index contributed by atoms with van der Waals surface area (Å²) in [5, 5.41) is 0.368. The van der Waals surface area contributed by atoms with Crippen LogP contribution in [0.15, 0.2) is 21.5 Å². The molecule has 0 bridgehead atoms. The van der Waals surface area contributed by atoms with Gasteiger partial charge in [-0.15, -0.1) is 11.3 Å². The highest BCUT2D eigenvalue weighted by Gasteiger charge is 2.21. The van der Waals surface area contributed by atoms with Crippen molar-refractivity contribution in [3.63, 3.8) is 0 Å². The number of nitrogens with one attached hydrogen (secondary N) is 1. The predicted octanol–water partition coefficient (Wildman–Crippen LogP) is 3.09. The number of aryl methyl sites for hydroxylation is 3. The normalized spacial score (nSPS) is 11.7. The van der Waals surface area contributed by atoms with Gasteiger partial charge in [0.15, 0.2) is 5.13 Å². The molecular weight excluding hydrogens is 374 g/mol. The molecule has 0 atom stereocenters. The topological polar surface area (TPSA) is 85.1 Å². The molecule has 0 spiro atoms. The lowest BCUT2D eigenvalue weighted by Crippen LogP contribution is -2.15. The van der Waals surface area contributed by atoms with Crippen LogP contribution in [0.3, 0.4) is 0 Å². The van der Waals surface area contributed by atoms with Crippen molar-refractivity contribution in [1.29, 1.82) is 0 Å². The first-order valence-electron chi connectivity index (χ1n) is 6.20. The van der Waals surface area contributed by atoms with Crippen molar-refractivity contribution in [2.24, 2.45) is 5.73 Å². The van der Waals surface area contributed by atoms with Crippen molar-refractivity contribution < 1.29 is 8.42 Å². The van der Waals surface area contributed by atoms with Crippen LogP contribution in [0.4, 0.5) is 5.13 Å². The van der Waals surface area contributed by atoms with Gasteiger partial charge in [0.1, 0.15) is 4.90 Å². The number of rotatable bonds is 4. The Morgan fingerprint density at radius 2 is 2.00 bits per heavy atom. The maximum Gasteiger partial charge on any atom is 0.264 e. The summed E-state index contributed by atoms with van der Waals surface area (Å²) in [6, 6.07) is 3.44. The molecule has 0 saturated heterocycles. The van der Waals surface area contributed by atoms with Gasteiger partial charge in [0.25, 0.3) is 10.0 Å². The van der Waals surface area contributed by atoms with Crippen LogP contribution >= 0.6 is 27.3 Å². The number of hydrogen-bond donors (Lipinski definition) is 2. The molecule has 5 nitrogen and oxygen atoms in total. The Hall–Kier alpha value is -0.960. The van der Waals surface area contributed by atoms with Crippen molar-refractivity contribution in [1.82, 2.24) is 4.98 Å². The van der Waals surface area contributed by atoms with Crippen LogP contribution < -0.4 is 10.5 Å². The SMILES string of the molecule is Cc1cc(CN)cc(S(=O)(=O)Nc2nc(C)c(C)s2)c1Br. The van der Waals surface area contributed by atoms with Gasteiger partial charge in [0, 0.05) is 15.9 Å². The smallest absolute Gasteiger partial charge is 0.264 e. The van der Waals surface area contributed by atoms with Gasteiger partial charge >= 0.3 is 0 Å². The molecule has 1 heterocycles. The Balaban J connectivity index is 2.46. The van der Waals surface area contributed by atoms with Crippen molar-refractivity contribution in [3.8, 4) is 0 Å². The van der Waals surface area contributed by atoms with E-state index in [9.17, 15) is 8.42 Å². The van der Waals surface area contributed by atoms with Crippen LogP contribution in [-0.2, 0) is 16.6 Å². The zero-order valence-corrected chi connectivity index (χ0v) is 15.1. The highest BCUT2D eigenvalue weighted by molar-refractivity contribution is 9.10. The largest absolute Gasteiger partial charge is 0.326 e. The molecule has 1 aromatic carbocycles. The molecule has 114 valence electrons. The number of sulfonamides is 1. The summed E-state index contributed by atoms with van der Waals surface area (Å²) in [5.41, 5.74) is 8.03. The number of hydrogen-bond acceptors (Lipinski definition) is 5. The molecule has 3 N–H and O–H groups in total. The van der Waals surface area contributed by atoms with Gasteiger partial charge in [-0.2, -0.15) is 0 Å². The first-order valence-corrected chi connectivity index (χ1v) is 9.30. The quantitative estimate of drug-likeness (QED) is 0.840. The Morgan fingerprint density at radius 1 is 1.33 bits per heavy atom. The molecule has 0 radical (unpaired) electrons. The summed E-state index contributed by atoms with van der Waals surface area (Å²) in [4.78, 5) is 5.36. The lowest BCUT2D eigenvalue weighted by atomic mass is 10.1. The van der Waals surface area contributed by atoms with Crippen LogP contribution in [0.2, 0.25) is 0 Å². The zero-order valence-electron chi connectivity index (χ0n) is 11.9. The van der Waals surface area contributed by atoms with Crippen LogP contribution in [0.1, 0.15) is 21.7 Å². The van der Waals surface area contributed by atoms with Crippen molar-refractivity contribution in [2.75, 3.05) is 4.72 Å². The standard InChI is InChI=1S/C13H16BrN3O2S2/c1-7-4-10(6-15)5-11(12(7)14)21(18,19)17-13-16-8(2)9(3)20-13/h4-5H,6,15H2,1-3H3,(H,16,17). The molecule has 0 aliphatic carbocycles. The van der Waals surface area contributed by atoms with Gasteiger partial charge in [-0.05, 0) is 53.9 Å². The minimum Gasteiger partial charge on any atom is -0.326 e. The summed E-state index contributed by atoms with van der Waals surface area (Å²) >= 11 is 4.65. The monoisotopic (exact) mass is 389 g/mol. The van der Waals surface area contributed by atoms with E-state index in [-0.39, 0.29) is 11.4 Å². The number of aromatic nitrogens is 1. The van der Waals surface area contributed by atoms with E-state index < -0.39 is 10.0 Å². The third kappa shape index (κ3) is 3.45. The number of anilines is 1. The average Bonchev–Trinajstić information content (AvgIpc) is 2.70. The molecule has 21 heavy (non-hydrogen) atoms. The maximum atomic E-state index is 12.5. The molecule has 0 amide bonds. The molecule has 0 saturated carbocycles. The third-order valence-electron chi connectivity index (χ3n) is 3.06. The Labute approximate surface area is 136 Å². The van der Waals surface area contributed by atoms with E-state index >= 15 is 0 Å². The van der Waals surface area contributed by atoms with E-state index in [4.69, 9.17) is 5.73 Å². The van der Waals surface area contributed by atoms with Gasteiger partial charge in [-0.3, -0.25) is 4.72 Å². The van der Waals surface area contributed by atoms with Gasteiger partial charge in [0.2, 0.25) is 0 Å². The maximum absolute atomic E-state index is 12.5. The van der Waals surface area contributed by atoms with Crippen LogP contribution in [0.5, 0.6) is 0 Å². The fourth-order valence-corrected chi connectivity index (χ4v) is 4.93. The molecular formula is C13H16BrN3O2S2. The van der Waals surface area contributed by atoms with Crippen LogP contribution in [-0.4, -0.2) is 13.4 Å². The number of halogens is 1. The molecule has 8 heteroatoms. The van der Waals surface area contributed by atoms with E-state index in [0.717, 1.165) is 21.7 Å². The molecule has 2 rings (SSSR count). The number of benzene rings is 1. The van der Waals surface area contributed by atoms with E-state index in [1.807, 2.05) is 26.8 Å². The van der Waals surface area contributed by atoms with Crippen molar-refractivity contribution >= 4 is 42.4 Å². The zero-order chi connectivity index (χ0) is 15.8. The minimum atomic E-state index is -3.71. The van der Waals surface area contributed by atoms with E-state index in [1.54, 1.807) is 6.07 Å².